The predicted molar refractivity (Wildman–Crippen MR) is 138 cm³/mol. The lowest BCUT2D eigenvalue weighted by molar-refractivity contribution is 0.0941. The number of benzene rings is 2. The van der Waals surface area contributed by atoms with Gasteiger partial charge in [-0.05, 0) is 49.1 Å². The van der Waals surface area contributed by atoms with Gasteiger partial charge in [-0.15, -0.1) is 5.10 Å². The van der Waals surface area contributed by atoms with Crippen molar-refractivity contribution in [1.82, 2.24) is 24.5 Å². The van der Waals surface area contributed by atoms with E-state index in [1.807, 2.05) is 68.4 Å². The van der Waals surface area contributed by atoms with Gasteiger partial charge < -0.3 is 15.8 Å². The molecular weight excluding hydrogens is 456 g/mol. The largest absolute Gasteiger partial charge is 0.381 e. The minimum absolute atomic E-state index is 0.0792. The summed E-state index contributed by atoms with van der Waals surface area (Å²) in [5.74, 6) is -0.349. The molecule has 9 heteroatoms. The zero-order chi connectivity index (χ0) is 25.4. The van der Waals surface area contributed by atoms with Crippen LogP contribution in [0.4, 0.5) is 5.82 Å². The fourth-order valence-electron chi connectivity index (χ4n) is 4.50. The standard InChI is InChI=1S/C27H26N6O3/c1-16(30-26(34)23-24(28)31-32-14-8-13-29-25(23)32)21-15-18-9-7-12-20(17(2)36-3)22(18)27(35)33(21)19-10-5-4-6-11-19/h4-17H,1-3H3,(H2,28,31)(H,30,34). The Hall–Kier alpha value is -4.50. The van der Waals surface area contributed by atoms with Gasteiger partial charge in [0.15, 0.2) is 11.5 Å². The van der Waals surface area contributed by atoms with Crippen molar-refractivity contribution < 1.29 is 9.53 Å². The van der Waals surface area contributed by atoms with Gasteiger partial charge in [-0.25, -0.2) is 9.50 Å². The van der Waals surface area contributed by atoms with Crippen LogP contribution in [0, 0.1) is 0 Å². The molecule has 0 saturated carbocycles. The highest BCUT2D eigenvalue weighted by atomic mass is 16.5. The lowest BCUT2D eigenvalue weighted by Gasteiger charge is -2.22. The molecule has 0 aliphatic heterocycles. The third kappa shape index (κ3) is 3.89. The smallest absolute Gasteiger partial charge is 0.263 e. The van der Waals surface area contributed by atoms with E-state index in [9.17, 15) is 9.59 Å². The van der Waals surface area contributed by atoms with Crippen LogP contribution in [-0.2, 0) is 4.74 Å². The molecule has 5 aromatic rings. The lowest BCUT2D eigenvalue weighted by Crippen LogP contribution is -2.32. The summed E-state index contributed by atoms with van der Waals surface area (Å²) in [6.07, 6.45) is 2.99. The molecule has 2 atom stereocenters. The van der Waals surface area contributed by atoms with Crippen LogP contribution in [0.15, 0.2) is 77.9 Å². The van der Waals surface area contributed by atoms with E-state index in [2.05, 4.69) is 15.4 Å². The second kappa shape index (κ2) is 9.27. The van der Waals surface area contributed by atoms with Crippen molar-refractivity contribution in [1.29, 1.82) is 0 Å². The van der Waals surface area contributed by atoms with E-state index < -0.39 is 11.9 Å². The predicted octanol–water partition coefficient (Wildman–Crippen LogP) is 3.81. The molecule has 3 aromatic heterocycles. The maximum absolute atomic E-state index is 14.0. The van der Waals surface area contributed by atoms with Gasteiger partial charge in [0.2, 0.25) is 0 Å². The van der Waals surface area contributed by atoms with Gasteiger partial charge >= 0.3 is 0 Å². The van der Waals surface area contributed by atoms with E-state index in [-0.39, 0.29) is 23.0 Å². The number of ether oxygens (including phenoxy) is 1. The Morgan fingerprint density at radius 1 is 1.08 bits per heavy atom. The molecule has 0 aliphatic carbocycles. The van der Waals surface area contributed by atoms with E-state index >= 15 is 0 Å². The Bertz CT molecular complexity index is 1640. The fraction of sp³-hybridized carbons (Fsp3) is 0.185. The first kappa shape index (κ1) is 23.3. The molecule has 9 nitrogen and oxygen atoms in total. The van der Waals surface area contributed by atoms with Crippen molar-refractivity contribution in [2.24, 2.45) is 0 Å². The number of rotatable bonds is 6. The summed E-state index contributed by atoms with van der Waals surface area (Å²) in [6.45, 7) is 3.74. The average molecular weight is 483 g/mol. The van der Waals surface area contributed by atoms with E-state index in [4.69, 9.17) is 10.5 Å². The first-order chi connectivity index (χ1) is 17.4. The highest BCUT2D eigenvalue weighted by molar-refractivity contribution is 6.04. The summed E-state index contributed by atoms with van der Waals surface area (Å²) in [5.41, 5.74) is 8.52. The number of amides is 1. The van der Waals surface area contributed by atoms with Crippen LogP contribution in [-0.4, -0.2) is 32.2 Å². The molecule has 3 heterocycles. The molecule has 3 N–H and O–H groups in total. The monoisotopic (exact) mass is 482 g/mol. The minimum Gasteiger partial charge on any atom is -0.381 e. The van der Waals surface area contributed by atoms with Crippen molar-refractivity contribution in [3.8, 4) is 5.69 Å². The maximum atomic E-state index is 14.0. The summed E-state index contributed by atoms with van der Waals surface area (Å²) < 4.78 is 8.63. The molecule has 0 fully saturated rings. The first-order valence-corrected chi connectivity index (χ1v) is 11.6. The summed E-state index contributed by atoms with van der Waals surface area (Å²) in [5, 5.41) is 8.50. The Labute approximate surface area is 207 Å². The van der Waals surface area contributed by atoms with Crippen molar-refractivity contribution >= 4 is 28.1 Å². The van der Waals surface area contributed by atoms with Crippen molar-refractivity contribution in [2.45, 2.75) is 26.0 Å². The Morgan fingerprint density at radius 3 is 2.61 bits per heavy atom. The Balaban J connectivity index is 1.66. The number of nitrogens with one attached hydrogen (secondary N) is 1. The second-order valence-corrected chi connectivity index (χ2v) is 8.58. The fourth-order valence-corrected chi connectivity index (χ4v) is 4.50. The number of carbonyl (C=O) groups excluding carboxylic acids is 1. The van der Waals surface area contributed by atoms with Crippen molar-refractivity contribution in [3.63, 3.8) is 0 Å². The molecule has 182 valence electrons. The number of anilines is 1. The molecule has 36 heavy (non-hydrogen) atoms. The number of fused-ring (bicyclic) bond motifs is 2. The van der Waals surface area contributed by atoms with Gasteiger partial charge in [-0.1, -0.05) is 36.4 Å². The van der Waals surface area contributed by atoms with Gasteiger partial charge in [-0.2, -0.15) is 0 Å². The molecule has 0 spiro atoms. The summed E-state index contributed by atoms with van der Waals surface area (Å²) >= 11 is 0. The number of aromatic nitrogens is 4. The first-order valence-electron chi connectivity index (χ1n) is 11.6. The zero-order valence-corrected chi connectivity index (χ0v) is 20.2. The van der Waals surface area contributed by atoms with Gasteiger partial charge in [0.1, 0.15) is 5.56 Å². The molecule has 0 bridgehead atoms. The molecule has 5 rings (SSSR count). The van der Waals surface area contributed by atoms with Gasteiger partial charge in [-0.3, -0.25) is 14.2 Å². The molecule has 0 radical (unpaired) electrons. The number of hydrogen-bond donors (Lipinski definition) is 2. The minimum atomic E-state index is -0.545. The maximum Gasteiger partial charge on any atom is 0.263 e. The lowest BCUT2D eigenvalue weighted by atomic mass is 10.00. The van der Waals surface area contributed by atoms with Crippen LogP contribution in [0.2, 0.25) is 0 Å². The number of nitrogens with two attached hydrogens (primary N) is 1. The number of carbonyl (C=O) groups is 1. The Morgan fingerprint density at radius 2 is 1.86 bits per heavy atom. The number of nitrogens with zero attached hydrogens (tertiary/aromatic N) is 4. The summed E-state index contributed by atoms with van der Waals surface area (Å²) in [4.78, 5) is 31.6. The van der Waals surface area contributed by atoms with Crippen LogP contribution >= 0.6 is 0 Å². The van der Waals surface area contributed by atoms with Gasteiger partial charge in [0, 0.05) is 30.9 Å². The second-order valence-electron chi connectivity index (χ2n) is 8.58. The van der Waals surface area contributed by atoms with Crippen LogP contribution in [0.1, 0.15) is 47.6 Å². The normalized spacial score (nSPS) is 13.1. The van der Waals surface area contributed by atoms with E-state index in [0.717, 1.165) is 10.9 Å². The highest BCUT2D eigenvalue weighted by Gasteiger charge is 2.24. The van der Waals surface area contributed by atoms with E-state index in [1.165, 1.54) is 4.52 Å². The molecular formula is C27H26N6O3. The zero-order valence-electron chi connectivity index (χ0n) is 20.2. The van der Waals surface area contributed by atoms with Crippen LogP contribution < -0.4 is 16.6 Å². The van der Waals surface area contributed by atoms with Gasteiger partial charge in [0.05, 0.1) is 17.5 Å². The Kier molecular flexibility index (Phi) is 5.99. The average Bonchev–Trinajstić information content (AvgIpc) is 3.23. The third-order valence-corrected chi connectivity index (χ3v) is 6.35. The summed E-state index contributed by atoms with van der Waals surface area (Å²) in [7, 11) is 1.62. The van der Waals surface area contributed by atoms with Crippen molar-refractivity contribution in [2.75, 3.05) is 12.8 Å². The summed E-state index contributed by atoms with van der Waals surface area (Å²) in [6, 6.07) is 18.1. The number of methoxy groups -OCH3 is 1. The van der Waals surface area contributed by atoms with Crippen LogP contribution in [0.5, 0.6) is 0 Å². The molecule has 0 saturated heterocycles. The number of para-hydroxylation sites is 1. The van der Waals surface area contributed by atoms with Crippen LogP contribution in [0.25, 0.3) is 22.1 Å². The molecule has 2 aromatic carbocycles. The quantitative estimate of drug-likeness (QED) is 0.380. The highest BCUT2D eigenvalue weighted by Crippen LogP contribution is 2.28. The number of hydrogen-bond acceptors (Lipinski definition) is 6. The van der Waals surface area contributed by atoms with E-state index in [0.29, 0.717) is 22.4 Å². The van der Waals surface area contributed by atoms with Crippen molar-refractivity contribution in [3.05, 3.63) is 100 Å². The van der Waals surface area contributed by atoms with Crippen LogP contribution in [0.3, 0.4) is 0 Å². The SMILES string of the molecule is COC(C)c1cccc2cc(C(C)NC(=O)c3c(N)nn4cccnc34)n(-c3ccccc3)c(=O)c12. The van der Waals surface area contributed by atoms with E-state index in [1.54, 1.807) is 30.1 Å². The molecule has 2 unspecified atom stereocenters. The van der Waals surface area contributed by atoms with Gasteiger partial charge in [0.25, 0.3) is 11.5 Å². The molecule has 0 aliphatic rings. The third-order valence-electron chi connectivity index (χ3n) is 6.35. The topological polar surface area (TPSA) is 117 Å². The number of nitrogen functional groups attached to an aromatic ring is 1. The number of pyridine rings is 1. The molecule has 1 amide bonds.